The van der Waals surface area contributed by atoms with Crippen molar-refractivity contribution in [1.29, 1.82) is 0 Å². The molecule has 0 aromatic heterocycles. The molecule has 1 aliphatic carbocycles. The second kappa shape index (κ2) is 18.2. The molecule has 338 valence electrons. The molecule has 0 N–H and O–H groups in total. The van der Waals surface area contributed by atoms with Gasteiger partial charge in [0.2, 0.25) is 0 Å². The molecule has 0 unspecified atom stereocenters. The van der Waals surface area contributed by atoms with Crippen LogP contribution < -0.4 is 4.90 Å². The minimum atomic E-state index is -0.518. The summed E-state index contributed by atoms with van der Waals surface area (Å²) in [5, 5.41) is 2.50. The van der Waals surface area contributed by atoms with Crippen molar-refractivity contribution in [3.8, 4) is 66.8 Å². The molecule has 0 spiro atoms. The first-order valence-electron chi connectivity index (χ1n) is 24.9. The molecule has 0 amide bonds. The average molecular weight is 916 g/mol. The molecule has 1 aliphatic rings. The van der Waals surface area contributed by atoms with Crippen molar-refractivity contribution in [2.75, 3.05) is 4.90 Å². The van der Waals surface area contributed by atoms with E-state index in [9.17, 15) is 0 Å². The maximum absolute atomic E-state index is 2.45. The number of nitrogens with zero attached hydrogens (tertiary/aromatic N) is 1. The van der Waals surface area contributed by atoms with Gasteiger partial charge in [-0.25, -0.2) is 0 Å². The highest BCUT2D eigenvalue weighted by molar-refractivity contribution is 5.91. The molecular formula is C71H49N. The standard InChI is InChI=1S/C71H49N/c1-4-16-50(17-5-1)52-30-32-53(33-31-52)54-36-40-64(41-37-54)72(66-44-45-68-67-28-12-13-29-69(67)71(70(68)49-66,62-24-6-2-7-25-62)63-26-8-3-9-27-63)65-42-38-55(39-43-65)57-20-14-21-58(46-57)59-22-15-23-60(48-59)61-35-34-51-18-10-11-19-56(51)47-61/h1-49H. The van der Waals surface area contributed by atoms with Crippen LogP contribution in [-0.2, 0) is 5.41 Å². The normalized spacial score (nSPS) is 12.3. The minimum Gasteiger partial charge on any atom is -0.310 e. The smallest absolute Gasteiger partial charge is 0.0714 e. The number of hydrogen-bond acceptors (Lipinski definition) is 1. The van der Waals surface area contributed by atoms with Crippen LogP contribution in [0.5, 0.6) is 0 Å². The molecule has 0 saturated heterocycles. The van der Waals surface area contributed by atoms with E-state index in [0.717, 1.165) is 22.6 Å². The summed E-state index contributed by atoms with van der Waals surface area (Å²) in [6, 6.07) is 109. The number of fused-ring (bicyclic) bond motifs is 4. The third-order valence-electron chi connectivity index (χ3n) is 14.8. The lowest BCUT2D eigenvalue weighted by Crippen LogP contribution is -2.28. The predicted octanol–water partition coefficient (Wildman–Crippen LogP) is 19.0. The van der Waals surface area contributed by atoms with Crippen molar-refractivity contribution in [3.05, 3.63) is 320 Å². The van der Waals surface area contributed by atoms with E-state index in [2.05, 4.69) is 302 Å². The van der Waals surface area contributed by atoms with E-state index in [-0.39, 0.29) is 0 Å². The quantitative estimate of drug-likeness (QED) is 0.132. The maximum atomic E-state index is 2.45. The predicted molar refractivity (Wildman–Crippen MR) is 303 cm³/mol. The highest BCUT2D eigenvalue weighted by Crippen LogP contribution is 2.57. The molecule has 0 bridgehead atoms. The molecule has 0 fully saturated rings. The van der Waals surface area contributed by atoms with E-state index < -0.39 is 5.41 Å². The van der Waals surface area contributed by atoms with E-state index in [1.807, 2.05) is 0 Å². The van der Waals surface area contributed by atoms with Gasteiger partial charge in [0.25, 0.3) is 0 Å². The molecule has 0 atom stereocenters. The Morgan fingerprint density at radius 3 is 1.15 bits per heavy atom. The summed E-state index contributed by atoms with van der Waals surface area (Å²) in [6.07, 6.45) is 0. The lowest BCUT2D eigenvalue weighted by Gasteiger charge is -2.35. The SMILES string of the molecule is c1ccc(-c2ccc(-c3ccc(N(c4ccc(-c5cccc(-c6cccc(-c7ccc8ccccc8c7)c6)c5)cc4)c4ccc5c(c4)C(c4ccccc4)(c4ccccc4)c4ccccc4-5)cc3)cc2)cc1. The van der Waals surface area contributed by atoms with Gasteiger partial charge in [0, 0.05) is 17.1 Å². The number of rotatable bonds is 10. The van der Waals surface area contributed by atoms with Crippen molar-refractivity contribution in [3.63, 3.8) is 0 Å². The van der Waals surface area contributed by atoms with E-state index in [1.54, 1.807) is 0 Å². The molecule has 0 radical (unpaired) electrons. The Kier molecular flexibility index (Phi) is 10.8. The Bertz CT molecular complexity index is 3840. The Morgan fingerprint density at radius 2 is 0.583 bits per heavy atom. The van der Waals surface area contributed by atoms with Crippen LogP contribution in [0.2, 0.25) is 0 Å². The van der Waals surface area contributed by atoms with E-state index in [0.29, 0.717) is 0 Å². The molecule has 72 heavy (non-hydrogen) atoms. The molecule has 0 aliphatic heterocycles. The Hall–Kier alpha value is -9.30. The topological polar surface area (TPSA) is 3.24 Å². The summed E-state index contributed by atoms with van der Waals surface area (Å²) in [4.78, 5) is 2.42. The number of hydrogen-bond donors (Lipinski definition) is 0. The molecule has 12 aromatic carbocycles. The van der Waals surface area contributed by atoms with Crippen LogP contribution in [0, 0.1) is 0 Å². The molecule has 0 saturated carbocycles. The molecule has 0 heterocycles. The Balaban J connectivity index is 0.901. The zero-order valence-corrected chi connectivity index (χ0v) is 39.7. The van der Waals surface area contributed by atoms with Crippen LogP contribution in [-0.4, -0.2) is 0 Å². The van der Waals surface area contributed by atoms with Gasteiger partial charge in [0.05, 0.1) is 5.41 Å². The monoisotopic (exact) mass is 915 g/mol. The van der Waals surface area contributed by atoms with E-state index in [1.165, 1.54) is 94.2 Å². The van der Waals surface area contributed by atoms with Gasteiger partial charge >= 0.3 is 0 Å². The summed E-state index contributed by atoms with van der Waals surface area (Å²) in [6.45, 7) is 0. The number of benzene rings is 12. The number of anilines is 3. The summed E-state index contributed by atoms with van der Waals surface area (Å²) < 4.78 is 0. The zero-order valence-electron chi connectivity index (χ0n) is 39.7. The highest BCUT2D eigenvalue weighted by atomic mass is 15.1. The van der Waals surface area contributed by atoms with Gasteiger partial charge in [-0.3, -0.25) is 0 Å². The zero-order chi connectivity index (χ0) is 47.8. The second-order valence-corrected chi connectivity index (χ2v) is 18.9. The largest absolute Gasteiger partial charge is 0.310 e. The Morgan fingerprint density at radius 1 is 0.208 bits per heavy atom. The van der Waals surface area contributed by atoms with E-state index in [4.69, 9.17) is 0 Å². The third-order valence-corrected chi connectivity index (χ3v) is 14.8. The van der Waals surface area contributed by atoms with Gasteiger partial charge in [0.1, 0.15) is 0 Å². The summed E-state index contributed by atoms with van der Waals surface area (Å²) in [5.74, 6) is 0. The first-order valence-corrected chi connectivity index (χ1v) is 24.9. The molecule has 12 aromatic rings. The first-order chi connectivity index (χ1) is 35.7. The van der Waals surface area contributed by atoms with Gasteiger partial charge in [-0.1, -0.05) is 243 Å². The van der Waals surface area contributed by atoms with Gasteiger partial charge in [-0.2, -0.15) is 0 Å². The minimum absolute atomic E-state index is 0.518. The van der Waals surface area contributed by atoms with Gasteiger partial charge < -0.3 is 4.90 Å². The maximum Gasteiger partial charge on any atom is 0.0714 e. The summed E-state index contributed by atoms with van der Waals surface area (Å²) in [7, 11) is 0. The lowest BCUT2D eigenvalue weighted by molar-refractivity contribution is 0.768. The van der Waals surface area contributed by atoms with Crippen molar-refractivity contribution in [1.82, 2.24) is 0 Å². The van der Waals surface area contributed by atoms with Crippen LogP contribution in [0.25, 0.3) is 77.5 Å². The molecular weight excluding hydrogens is 867 g/mol. The van der Waals surface area contributed by atoms with Crippen molar-refractivity contribution >= 4 is 27.8 Å². The second-order valence-electron chi connectivity index (χ2n) is 18.9. The van der Waals surface area contributed by atoms with Gasteiger partial charge in [0.15, 0.2) is 0 Å². The van der Waals surface area contributed by atoms with Gasteiger partial charge in [-0.15, -0.1) is 0 Å². The Labute approximate surface area is 422 Å². The molecule has 13 rings (SSSR count). The fraction of sp³-hybridized carbons (Fsp3) is 0.0141. The molecule has 1 heteroatoms. The van der Waals surface area contributed by atoms with Crippen LogP contribution in [0.1, 0.15) is 22.3 Å². The summed E-state index contributed by atoms with van der Waals surface area (Å²) >= 11 is 0. The van der Waals surface area contributed by atoms with Crippen LogP contribution in [0.3, 0.4) is 0 Å². The average Bonchev–Trinajstić information content (AvgIpc) is 3.76. The van der Waals surface area contributed by atoms with Gasteiger partial charge in [-0.05, 0) is 154 Å². The summed E-state index contributed by atoms with van der Waals surface area (Å²) in [5.41, 5.74) is 22.3. The fourth-order valence-corrected chi connectivity index (χ4v) is 11.2. The van der Waals surface area contributed by atoms with Crippen LogP contribution >= 0.6 is 0 Å². The highest BCUT2D eigenvalue weighted by Gasteiger charge is 2.46. The van der Waals surface area contributed by atoms with E-state index >= 15 is 0 Å². The van der Waals surface area contributed by atoms with Crippen LogP contribution in [0.15, 0.2) is 297 Å². The van der Waals surface area contributed by atoms with Crippen molar-refractivity contribution in [2.45, 2.75) is 5.41 Å². The fourth-order valence-electron chi connectivity index (χ4n) is 11.2. The third kappa shape index (κ3) is 7.60. The van der Waals surface area contributed by atoms with Crippen molar-refractivity contribution < 1.29 is 0 Å². The van der Waals surface area contributed by atoms with Crippen molar-refractivity contribution in [2.24, 2.45) is 0 Å². The molecule has 1 nitrogen and oxygen atoms in total. The first kappa shape index (κ1) is 42.8. The van der Waals surface area contributed by atoms with Crippen LogP contribution in [0.4, 0.5) is 17.1 Å². The lowest BCUT2D eigenvalue weighted by atomic mass is 9.67.